The van der Waals surface area contributed by atoms with Crippen LogP contribution in [0.25, 0.3) is 0 Å². The molecule has 27 heavy (non-hydrogen) atoms. The number of hydrogen-bond acceptors (Lipinski definition) is 4. The minimum atomic E-state index is -1.09. The first-order valence-electron chi connectivity index (χ1n) is 7.98. The van der Waals surface area contributed by atoms with Crippen LogP contribution in [0.5, 0.6) is 0 Å². The number of hydrogen-bond donors (Lipinski definition) is 2. The topological polar surface area (TPSA) is 78.5 Å². The summed E-state index contributed by atoms with van der Waals surface area (Å²) in [4.78, 5) is 38.3. The van der Waals surface area contributed by atoms with Gasteiger partial charge in [-0.1, -0.05) is 12.1 Å². The van der Waals surface area contributed by atoms with Crippen molar-refractivity contribution in [3.63, 3.8) is 0 Å². The first-order valence-corrected chi connectivity index (χ1v) is 8.96. The molecule has 2 N–H and O–H groups in total. The van der Waals surface area contributed by atoms with Crippen molar-refractivity contribution in [2.45, 2.75) is 4.90 Å². The van der Waals surface area contributed by atoms with Crippen LogP contribution in [0.1, 0.15) is 0 Å². The number of anilines is 2. The SMILES string of the molecule is O=C(CN1C(=O)CSc2ccccc21)NCC(=O)Nc1ccc(F)c(F)c1. The van der Waals surface area contributed by atoms with Gasteiger partial charge in [0.25, 0.3) is 0 Å². The van der Waals surface area contributed by atoms with Gasteiger partial charge in [-0.2, -0.15) is 0 Å². The standard InChI is InChI=1S/C18H15F2N3O3S/c19-12-6-5-11(7-13(12)20)22-16(24)8-21-17(25)9-23-14-3-1-2-4-15(14)27-10-18(23)26/h1-7H,8-10H2,(H,21,25)(H,22,24). The summed E-state index contributed by atoms with van der Waals surface area (Å²) < 4.78 is 26.0. The van der Waals surface area contributed by atoms with Crippen LogP contribution < -0.4 is 15.5 Å². The molecule has 1 aliphatic heterocycles. The van der Waals surface area contributed by atoms with Crippen LogP contribution in [0.2, 0.25) is 0 Å². The lowest BCUT2D eigenvalue weighted by Crippen LogP contribution is -2.44. The van der Waals surface area contributed by atoms with E-state index in [9.17, 15) is 23.2 Å². The molecule has 2 aromatic rings. The monoisotopic (exact) mass is 391 g/mol. The van der Waals surface area contributed by atoms with E-state index in [0.717, 1.165) is 17.0 Å². The number of carbonyl (C=O) groups is 3. The first-order chi connectivity index (χ1) is 12.9. The largest absolute Gasteiger partial charge is 0.345 e. The minimum Gasteiger partial charge on any atom is -0.345 e. The number of nitrogens with zero attached hydrogens (tertiary/aromatic N) is 1. The normalized spacial score (nSPS) is 13.1. The summed E-state index contributed by atoms with van der Waals surface area (Å²) in [5.74, 6) is -3.18. The Kier molecular flexibility index (Phi) is 5.70. The molecule has 2 aromatic carbocycles. The molecule has 0 fully saturated rings. The van der Waals surface area contributed by atoms with Crippen molar-refractivity contribution in [3.8, 4) is 0 Å². The molecule has 0 aliphatic carbocycles. The van der Waals surface area contributed by atoms with Crippen molar-refractivity contribution < 1.29 is 23.2 Å². The Morgan fingerprint density at radius 3 is 2.63 bits per heavy atom. The highest BCUT2D eigenvalue weighted by molar-refractivity contribution is 8.00. The third-order valence-electron chi connectivity index (χ3n) is 3.76. The summed E-state index contributed by atoms with van der Waals surface area (Å²) >= 11 is 1.40. The van der Waals surface area contributed by atoms with Crippen LogP contribution >= 0.6 is 11.8 Å². The van der Waals surface area contributed by atoms with Gasteiger partial charge in [0.1, 0.15) is 6.54 Å². The van der Waals surface area contributed by atoms with Gasteiger partial charge >= 0.3 is 0 Å². The summed E-state index contributed by atoms with van der Waals surface area (Å²) in [6, 6.07) is 10.2. The number of para-hydroxylation sites is 1. The number of thioether (sulfide) groups is 1. The molecule has 0 saturated heterocycles. The third-order valence-corrected chi connectivity index (χ3v) is 4.81. The van der Waals surface area contributed by atoms with Crippen LogP contribution in [-0.2, 0) is 14.4 Å². The fourth-order valence-corrected chi connectivity index (χ4v) is 3.42. The van der Waals surface area contributed by atoms with Gasteiger partial charge < -0.3 is 15.5 Å². The average molecular weight is 391 g/mol. The molecular formula is C18H15F2N3O3S. The fraction of sp³-hybridized carbons (Fsp3) is 0.167. The number of rotatable bonds is 5. The Hall–Kier alpha value is -2.94. The van der Waals surface area contributed by atoms with Gasteiger partial charge in [-0.05, 0) is 24.3 Å². The molecule has 3 amide bonds. The highest BCUT2D eigenvalue weighted by Gasteiger charge is 2.26. The second-order valence-corrected chi connectivity index (χ2v) is 6.71. The summed E-state index contributed by atoms with van der Waals surface area (Å²) in [6.07, 6.45) is 0. The predicted molar refractivity (Wildman–Crippen MR) is 97.5 cm³/mol. The summed E-state index contributed by atoms with van der Waals surface area (Å²) in [5, 5.41) is 4.76. The summed E-state index contributed by atoms with van der Waals surface area (Å²) in [6.45, 7) is -0.578. The first kappa shape index (κ1) is 18.8. The maximum Gasteiger partial charge on any atom is 0.243 e. The Labute approximate surface area is 157 Å². The molecule has 0 radical (unpaired) electrons. The maximum absolute atomic E-state index is 13.1. The highest BCUT2D eigenvalue weighted by Crippen LogP contribution is 2.34. The Balaban J connectivity index is 1.54. The highest BCUT2D eigenvalue weighted by atomic mass is 32.2. The summed E-state index contributed by atoms with van der Waals surface area (Å²) in [5.41, 5.74) is 0.727. The van der Waals surface area contributed by atoms with Gasteiger partial charge in [0.15, 0.2) is 11.6 Å². The molecule has 1 heterocycles. The number of nitrogens with one attached hydrogen (secondary N) is 2. The van der Waals surface area contributed by atoms with Crippen molar-refractivity contribution in [1.29, 1.82) is 0 Å². The van der Waals surface area contributed by atoms with Gasteiger partial charge in [0.2, 0.25) is 17.7 Å². The van der Waals surface area contributed by atoms with E-state index in [1.807, 2.05) is 12.1 Å². The quantitative estimate of drug-likeness (QED) is 0.819. The van der Waals surface area contributed by atoms with Gasteiger partial charge in [0, 0.05) is 16.6 Å². The van der Waals surface area contributed by atoms with Gasteiger partial charge in [-0.3, -0.25) is 14.4 Å². The van der Waals surface area contributed by atoms with Gasteiger partial charge in [0.05, 0.1) is 18.0 Å². The molecule has 6 nitrogen and oxygen atoms in total. The van der Waals surface area contributed by atoms with Crippen molar-refractivity contribution in [2.24, 2.45) is 0 Å². The van der Waals surface area contributed by atoms with E-state index in [1.165, 1.54) is 22.7 Å². The summed E-state index contributed by atoms with van der Waals surface area (Å²) in [7, 11) is 0. The van der Waals surface area contributed by atoms with Crippen LogP contribution in [0.4, 0.5) is 20.2 Å². The molecular weight excluding hydrogens is 376 g/mol. The predicted octanol–water partition coefficient (Wildman–Crippen LogP) is 2.16. The number of halogens is 2. The van der Waals surface area contributed by atoms with E-state index in [1.54, 1.807) is 12.1 Å². The van der Waals surface area contributed by atoms with Crippen LogP contribution in [0, 0.1) is 11.6 Å². The van der Waals surface area contributed by atoms with E-state index >= 15 is 0 Å². The number of fused-ring (bicyclic) bond motifs is 1. The van der Waals surface area contributed by atoms with Crippen molar-refractivity contribution in [1.82, 2.24) is 5.32 Å². The number of amides is 3. The molecule has 1 aliphatic rings. The molecule has 0 bridgehead atoms. The molecule has 0 spiro atoms. The third kappa shape index (κ3) is 4.62. The maximum atomic E-state index is 13.1. The zero-order chi connectivity index (χ0) is 19.4. The Bertz CT molecular complexity index is 907. The smallest absolute Gasteiger partial charge is 0.243 e. The van der Waals surface area contributed by atoms with Crippen molar-refractivity contribution in [2.75, 3.05) is 29.1 Å². The van der Waals surface area contributed by atoms with Gasteiger partial charge in [-0.25, -0.2) is 8.78 Å². The second kappa shape index (κ2) is 8.17. The molecule has 0 aromatic heterocycles. The van der Waals surface area contributed by atoms with E-state index in [0.29, 0.717) is 5.69 Å². The molecule has 140 valence electrons. The molecule has 0 atom stereocenters. The molecule has 0 unspecified atom stereocenters. The minimum absolute atomic E-state index is 0.0744. The lowest BCUT2D eigenvalue weighted by Gasteiger charge is -2.28. The van der Waals surface area contributed by atoms with Crippen LogP contribution in [0.3, 0.4) is 0 Å². The van der Waals surface area contributed by atoms with Crippen molar-refractivity contribution in [3.05, 3.63) is 54.1 Å². The lowest BCUT2D eigenvalue weighted by molar-refractivity contribution is -0.124. The average Bonchev–Trinajstić information content (AvgIpc) is 2.65. The lowest BCUT2D eigenvalue weighted by atomic mass is 10.2. The van der Waals surface area contributed by atoms with Crippen LogP contribution in [-0.4, -0.2) is 36.6 Å². The van der Waals surface area contributed by atoms with E-state index in [4.69, 9.17) is 0 Å². The zero-order valence-electron chi connectivity index (χ0n) is 14.0. The van der Waals surface area contributed by atoms with Crippen LogP contribution in [0.15, 0.2) is 47.4 Å². The molecule has 3 rings (SSSR count). The van der Waals surface area contributed by atoms with Crippen molar-refractivity contribution >= 4 is 40.9 Å². The molecule has 0 saturated carbocycles. The Morgan fingerprint density at radius 2 is 1.85 bits per heavy atom. The van der Waals surface area contributed by atoms with E-state index in [-0.39, 0.29) is 30.4 Å². The van der Waals surface area contributed by atoms with E-state index in [2.05, 4.69) is 10.6 Å². The number of carbonyl (C=O) groups excluding carboxylic acids is 3. The Morgan fingerprint density at radius 1 is 1.07 bits per heavy atom. The molecule has 9 heteroatoms. The fourth-order valence-electron chi connectivity index (χ4n) is 2.48. The second-order valence-electron chi connectivity index (χ2n) is 5.69. The van der Waals surface area contributed by atoms with Gasteiger partial charge in [-0.15, -0.1) is 11.8 Å². The van der Waals surface area contributed by atoms with E-state index < -0.39 is 23.4 Å². The number of benzene rings is 2. The zero-order valence-corrected chi connectivity index (χ0v) is 14.8.